The summed E-state index contributed by atoms with van der Waals surface area (Å²) in [5.74, 6) is 0. The molecule has 4 rings (SSSR count). The van der Waals surface area contributed by atoms with Crippen molar-refractivity contribution in [2.45, 2.75) is 32.9 Å². The first-order valence-electron chi connectivity index (χ1n) is 10.8. The van der Waals surface area contributed by atoms with Crippen molar-refractivity contribution in [1.29, 1.82) is 0 Å². The first-order valence-corrected chi connectivity index (χ1v) is 10.8. The van der Waals surface area contributed by atoms with E-state index in [1.165, 1.54) is 29.8 Å². The Morgan fingerprint density at radius 3 is 2.52 bits per heavy atom. The zero-order valence-corrected chi connectivity index (χ0v) is 17.3. The molecule has 0 N–H and O–H groups in total. The lowest BCUT2D eigenvalue weighted by atomic mass is 9.99. The monoisotopic (exact) mass is 393 g/mol. The average Bonchev–Trinajstić information content (AvgIpc) is 2.78. The minimum absolute atomic E-state index is 0.224. The van der Waals surface area contributed by atoms with Gasteiger partial charge in [0.1, 0.15) is 6.61 Å². The van der Waals surface area contributed by atoms with Gasteiger partial charge in [0.15, 0.2) is 0 Å². The van der Waals surface area contributed by atoms with E-state index in [2.05, 4.69) is 34.9 Å². The van der Waals surface area contributed by atoms with Gasteiger partial charge in [-0.3, -0.25) is 4.90 Å². The van der Waals surface area contributed by atoms with E-state index >= 15 is 0 Å². The molecule has 2 aromatic rings. The van der Waals surface area contributed by atoms with Crippen molar-refractivity contribution in [3.8, 4) is 0 Å². The maximum atomic E-state index is 12.6. The van der Waals surface area contributed by atoms with E-state index in [1.54, 1.807) is 0 Å². The molecular formula is C24H31N3O2. The van der Waals surface area contributed by atoms with Crippen LogP contribution in [-0.2, 0) is 24.3 Å². The molecule has 5 nitrogen and oxygen atoms in total. The highest BCUT2D eigenvalue weighted by atomic mass is 16.6. The van der Waals surface area contributed by atoms with Gasteiger partial charge < -0.3 is 14.5 Å². The Morgan fingerprint density at radius 2 is 1.76 bits per heavy atom. The van der Waals surface area contributed by atoms with Crippen molar-refractivity contribution in [2.75, 3.05) is 44.2 Å². The van der Waals surface area contributed by atoms with Crippen molar-refractivity contribution in [1.82, 2.24) is 9.80 Å². The minimum Gasteiger partial charge on any atom is -0.445 e. The number of hydrogen-bond acceptors (Lipinski definition) is 4. The number of carbonyl (C=O) groups is 1. The molecule has 1 fully saturated rings. The predicted octanol–water partition coefficient (Wildman–Crippen LogP) is 3.91. The number of piperazine rings is 1. The molecule has 0 bridgehead atoms. The number of amides is 1. The molecule has 1 saturated heterocycles. The van der Waals surface area contributed by atoms with Gasteiger partial charge in [-0.05, 0) is 48.2 Å². The van der Waals surface area contributed by atoms with Crippen LogP contribution in [-0.4, -0.2) is 55.2 Å². The van der Waals surface area contributed by atoms with Crippen molar-refractivity contribution in [2.24, 2.45) is 0 Å². The topological polar surface area (TPSA) is 36.0 Å². The van der Waals surface area contributed by atoms with E-state index in [-0.39, 0.29) is 6.09 Å². The zero-order chi connectivity index (χ0) is 20.1. The van der Waals surface area contributed by atoms with Gasteiger partial charge in [0, 0.05) is 45.0 Å². The van der Waals surface area contributed by atoms with Crippen LogP contribution in [0.15, 0.2) is 48.5 Å². The second-order valence-corrected chi connectivity index (χ2v) is 7.99. The summed E-state index contributed by atoms with van der Waals surface area (Å²) in [6.45, 7) is 9.51. The van der Waals surface area contributed by atoms with Crippen LogP contribution in [0.5, 0.6) is 0 Å². The number of nitrogens with zero attached hydrogens (tertiary/aromatic N) is 3. The lowest BCUT2D eigenvalue weighted by Gasteiger charge is -2.37. The Bertz CT molecular complexity index is 816. The Morgan fingerprint density at radius 1 is 0.966 bits per heavy atom. The van der Waals surface area contributed by atoms with Crippen LogP contribution >= 0.6 is 0 Å². The summed E-state index contributed by atoms with van der Waals surface area (Å²) in [5, 5.41) is 0. The van der Waals surface area contributed by atoms with Crippen molar-refractivity contribution in [3.05, 3.63) is 65.2 Å². The second kappa shape index (κ2) is 9.31. The zero-order valence-electron chi connectivity index (χ0n) is 17.3. The van der Waals surface area contributed by atoms with Gasteiger partial charge >= 0.3 is 6.09 Å². The average molecular weight is 394 g/mol. The molecule has 0 radical (unpaired) electrons. The summed E-state index contributed by atoms with van der Waals surface area (Å²) < 4.78 is 5.53. The molecule has 154 valence electrons. The molecule has 2 aliphatic rings. The SMILES string of the molecule is CCCN1CCN(c2ccc3c(c2)CN(C(=O)OCc2ccccc2)CC3)CC1. The van der Waals surface area contributed by atoms with Crippen molar-refractivity contribution >= 4 is 11.8 Å². The number of fused-ring (bicyclic) bond motifs is 1. The molecule has 0 aromatic heterocycles. The second-order valence-electron chi connectivity index (χ2n) is 7.99. The molecule has 0 aliphatic carbocycles. The fourth-order valence-corrected chi connectivity index (χ4v) is 4.25. The largest absolute Gasteiger partial charge is 0.445 e. The van der Waals surface area contributed by atoms with E-state index in [1.807, 2.05) is 35.2 Å². The maximum absolute atomic E-state index is 12.6. The van der Waals surface area contributed by atoms with E-state index < -0.39 is 0 Å². The Hall–Kier alpha value is -2.53. The quantitative estimate of drug-likeness (QED) is 0.772. The molecule has 1 amide bonds. The summed E-state index contributed by atoms with van der Waals surface area (Å²) in [5.41, 5.74) is 4.90. The number of carbonyl (C=O) groups excluding carboxylic acids is 1. The van der Waals surface area contributed by atoms with Crippen molar-refractivity contribution < 1.29 is 9.53 Å². The third kappa shape index (κ3) is 4.91. The van der Waals surface area contributed by atoms with E-state index in [0.29, 0.717) is 13.2 Å². The molecule has 0 spiro atoms. The predicted molar refractivity (Wildman–Crippen MR) is 116 cm³/mol. The van der Waals surface area contributed by atoms with Crippen LogP contribution < -0.4 is 4.90 Å². The third-order valence-corrected chi connectivity index (χ3v) is 5.94. The Kier molecular flexibility index (Phi) is 6.35. The van der Waals surface area contributed by atoms with E-state index in [9.17, 15) is 4.79 Å². The minimum atomic E-state index is -0.224. The fraction of sp³-hybridized carbons (Fsp3) is 0.458. The molecule has 2 aromatic carbocycles. The highest BCUT2D eigenvalue weighted by molar-refractivity contribution is 5.68. The molecule has 5 heteroatoms. The standard InChI is InChI=1S/C24H31N3O2/c1-2-11-25-13-15-26(16-14-25)23-9-8-21-10-12-27(18-22(21)17-23)24(28)29-19-20-6-4-3-5-7-20/h3-9,17H,2,10-16,18-19H2,1H3. The number of hydrogen-bond donors (Lipinski definition) is 0. The summed E-state index contributed by atoms with van der Waals surface area (Å²) in [6.07, 6.45) is 1.88. The smallest absolute Gasteiger partial charge is 0.410 e. The third-order valence-electron chi connectivity index (χ3n) is 5.94. The van der Waals surface area contributed by atoms with Gasteiger partial charge in [0.05, 0.1) is 0 Å². The lowest BCUT2D eigenvalue weighted by molar-refractivity contribution is 0.0918. The van der Waals surface area contributed by atoms with Crippen LogP contribution in [0.25, 0.3) is 0 Å². The van der Waals surface area contributed by atoms with Crippen LogP contribution in [0.2, 0.25) is 0 Å². The molecule has 29 heavy (non-hydrogen) atoms. The number of anilines is 1. The highest BCUT2D eigenvalue weighted by Gasteiger charge is 2.23. The first kappa shape index (κ1) is 19.8. The van der Waals surface area contributed by atoms with Gasteiger partial charge in [0.2, 0.25) is 0 Å². The number of ether oxygens (including phenoxy) is 1. The van der Waals surface area contributed by atoms with Crippen LogP contribution in [0.1, 0.15) is 30.0 Å². The summed E-state index contributed by atoms with van der Waals surface area (Å²) in [4.78, 5) is 19.4. The van der Waals surface area contributed by atoms with Crippen LogP contribution in [0, 0.1) is 0 Å². The fourth-order valence-electron chi connectivity index (χ4n) is 4.25. The Labute approximate surface area is 173 Å². The molecule has 0 saturated carbocycles. The van der Waals surface area contributed by atoms with E-state index in [4.69, 9.17) is 4.74 Å². The molecule has 0 atom stereocenters. The first-order chi connectivity index (χ1) is 14.2. The lowest BCUT2D eigenvalue weighted by Crippen LogP contribution is -2.46. The molecular weight excluding hydrogens is 362 g/mol. The van der Waals surface area contributed by atoms with Crippen LogP contribution in [0.4, 0.5) is 10.5 Å². The summed E-state index contributed by atoms with van der Waals surface area (Å²) >= 11 is 0. The van der Waals surface area contributed by atoms with Crippen LogP contribution in [0.3, 0.4) is 0 Å². The van der Waals surface area contributed by atoms with Gasteiger partial charge in [-0.1, -0.05) is 43.3 Å². The molecule has 0 unspecified atom stereocenters. The maximum Gasteiger partial charge on any atom is 0.410 e. The van der Waals surface area contributed by atoms with Gasteiger partial charge in [-0.25, -0.2) is 4.79 Å². The molecule has 2 aliphatic heterocycles. The number of benzene rings is 2. The Balaban J connectivity index is 1.36. The highest BCUT2D eigenvalue weighted by Crippen LogP contribution is 2.26. The van der Waals surface area contributed by atoms with E-state index in [0.717, 1.165) is 44.7 Å². The van der Waals surface area contributed by atoms with Gasteiger partial charge in [-0.15, -0.1) is 0 Å². The normalized spacial score (nSPS) is 17.1. The van der Waals surface area contributed by atoms with Gasteiger partial charge in [-0.2, -0.15) is 0 Å². The summed E-state index contributed by atoms with van der Waals surface area (Å²) in [7, 11) is 0. The van der Waals surface area contributed by atoms with Crippen molar-refractivity contribution in [3.63, 3.8) is 0 Å². The summed E-state index contributed by atoms with van der Waals surface area (Å²) in [6, 6.07) is 16.6. The molecule has 2 heterocycles. The number of rotatable bonds is 5. The van der Waals surface area contributed by atoms with Gasteiger partial charge in [0.25, 0.3) is 0 Å².